The van der Waals surface area contributed by atoms with Crippen LogP contribution < -0.4 is 4.90 Å². The van der Waals surface area contributed by atoms with Gasteiger partial charge in [-0.2, -0.15) is 0 Å². The summed E-state index contributed by atoms with van der Waals surface area (Å²) in [5.74, 6) is -3.92. The highest BCUT2D eigenvalue weighted by Gasteiger charge is 2.63. The number of Topliss-reactive ketones (excluding diaryl/α,β-unsaturated/α-hetero) is 2. The number of nitro groups is 1. The maximum absolute atomic E-state index is 13.9. The van der Waals surface area contributed by atoms with E-state index in [1.807, 2.05) is 0 Å². The second-order valence-electron chi connectivity index (χ2n) is 9.73. The monoisotopic (exact) mass is 553 g/mol. The number of hydrogen-bond donors (Lipinski definition) is 0. The van der Waals surface area contributed by atoms with Crippen LogP contribution in [-0.2, 0) is 9.59 Å². The Morgan fingerprint density at radius 1 is 0.850 bits per heavy atom. The molecule has 0 aliphatic carbocycles. The zero-order valence-corrected chi connectivity index (χ0v) is 21.5. The van der Waals surface area contributed by atoms with E-state index in [-0.39, 0.29) is 22.9 Å². The van der Waals surface area contributed by atoms with Gasteiger partial charge in [-0.1, -0.05) is 54.1 Å². The Balaban J connectivity index is 1.44. The van der Waals surface area contributed by atoms with Crippen LogP contribution in [0.25, 0.3) is 0 Å². The summed E-state index contributed by atoms with van der Waals surface area (Å²) >= 11 is 6.01. The summed E-state index contributed by atoms with van der Waals surface area (Å²) in [5, 5.41) is 11.8. The fourth-order valence-electron chi connectivity index (χ4n) is 5.74. The van der Waals surface area contributed by atoms with E-state index < -0.39 is 40.7 Å². The summed E-state index contributed by atoms with van der Waals surface area (Å²) in [5.41, 5.74) is 0.883. The summed E-state index contributed by atoms with van der Waals surface area (Å²) in [6.45, 7) is 0. The van der Waals surface area contributed by atoms with Gasteiger partial charge in [0, 0.05) is 40.1 Å². The Morgan fingerprint density at radius 3 is 2.25 bits per heavy atom. The van der Waals surface area contributed by atoms with Gasteiger partial charge in [-0.05, 0) is 36.4 Å². The molecule has 3 aliphatic rings. The van der Waals surface area contributed by atoms with E-state index in [0.29, 0.717) is 21.7 Å². The van der Waals surface area contributed by atoms with Crippen molar-refractivity contribution in [1.82, 2.24) is 4.90 Å². The number of benzene rings is 3. The molecule has 6 rings (SSSR count). The lowest BCUT2D eigenvalue weighted by Gasteiger charge is -2.32. The molecule has 3 aromatic carbocycles. The summed E-state index contributed by atoms with van der Waals surface area (Å²) in [6.07, 6.45) is 4.81. The number of halogens is 1. The second kappa shape index (κ2) is 9.69. The van der Waals surface area contributed by atoms with Crippen molar-refractivity contribution in [2.75, 3.05) is 4.90 Å². The Labute approximate surface area is 233 Å². The van der Waals surface area contributed by atoms with Crippen LogP contribution in [0.3, 0.4) is 0 Å². The average Bonchev–Trinajstić information content (AvgIpc) is 3.44. The predicted molar refractivity (Wildman–Crippen MR) is 146 cm³/mol. The molecular weight excluding hydrogens is 534 g/mol. The summed E-state index contributed by atoms with van der Waals surface area (Å²) in [7, 11) is 0. The first-order valence-corrected chi connectivity index (χ1v) is 12.8. The Kier molecular flexibility index (Phi) is 6.15. The van der Waals surface area contributed by atoms with Crippen molar-refractivity contribution in [3.05, 3.63) is 129 Å². The SMILES string of the molecule is O=C(C1=C[C@@H]2[C@@H]3C(=O)N(c4cccc([N+](=O)[O-])c4)C(=O)[C@@H]3[C@H](C(=O)c3ccc(Cl)cc3)N2C=C1)c1ccccc1. The second-order valence-corrected chi connectivity index (χ2v) is 10.2. The number of nitro benzene ring substituents is 1. The van der Waals surface area contributed by atoms with Crippen molar-refractivity contribution < 1.29 is 24.1 Å². The molecule has 3 aliphatic heterocycles. The van der Waals surface area contributed by atoms with Gasteiger partial charge in [-0.25, -0.2) is 4.90 Å². The first kappa shape index (κ1) is 25.4. The van der Waals surface area contributed by atoms with Gasteiger partial charge in [0.25, 0.3) is 5.69 Å². The largest absolute Gasteiger partial charge is 0.359 e. The third kappa shape index (κ3) is 4.02. The van der Waals surface area contributed by atoms with Crippen LogP contribution in [0.4, 0.5) is 11.4 Å². The van der Waals surface area contributed by atoms with Gasteiger partial charge in [-0.15, -0.1) is 0 Å². The molecule has 40 heavy (non-hydrogen) atoms. The molecule has 3 aromatic rings. The summed E-state index contributed by atoms with van der Waals surface area (Å²) in [6, 6.07) is 18.3. The lowest BCUT2D eigenvalue weighted by atomic mass is 9.85. The molecular formula is C30H20ClN3O6. The molecule has 2 saturated heterocycles. The van der Waals surface area contributed by atoms with Gasteiger partial charge in [-0.3, -0.25) is 29.3 Å². The fourth-order valence-corrected chi connectivity index (χ4v) is 5.87. The van der Waals surface area contributed by atoms with E-state index in [1.165, 1.54) is 18.2 Å². The number of hydrogen-bond acceptors (Lipinski definition) is 7. The molecule has 0 radical (unpaired) electrons. The third-order valence-electron chi connectivity index (χ3n) is 7.54. The van der Waals surface area contributed by atoms with Crippen LogP contribution in [0.1, 0.15) is 20.7 Å². The highest BCUT2D eigenvalue weighted by molar-refractivity contribution is 6.30. The highest BCUT2D eigenvalue weighted by Crippen LogP contribution is 2.47. The number of non-ortho nitro benzene ring substituents is 1. The van der Waals surface area contributed by atoms with Gasteiger partial charge in [0.1, 0.15) is 6.04 Å². The van der Waals surface area contributed by atoms with E-state index in [2.05, 4.69) is 0 Å². The van der Waals surface area contributed by atoms with Crippen LogP contribution in [0.5, 0.6) is 0 Å². The number of ketones is 2. The molecule has 0 N–H and O–H groups in total. The van der Waals surface area contributed by atoms with E-state index in [9.17, 15) is 29.3 Å². The zero-order chi connectivity index (χ0) is 28.1. The van der Waals surface area contributed by atoms with Crippen molar-refractivity contribution in [2.24, 2.45) is 11.8 Å². The van der Waals surface area contributed by atoms with Crippen LogP contribution in [0.2, 0.25) is 5.02 Å². The predicted octanol–water partition coefficient (Wildman–Crippen LogP) is 4.63. The van der Waals surface area contributed by atoms with Crippen molar-refractivity contribution in [2.45, 2.75) is 12.1 Å². The maximum Gasteiger partial charge on any atom is 0.271 e. The molecule has 0 saturated carbocycles. The van der Waals surface area contributed by atoms with Gasteiger partial charge in [0.2, 0.25) is 11.8 Å². The Morgan fingerprint density at radius 2 is 1.55 bits per heavy atom. The Hall–Kier alpha value is -4.89. The summed E-state index contributed by atoms with van der Waals surface area (Å²) in [4.78, 5) is 68.2. The molecule has 0 bridgehead atoms. The fraction of sp³-hybridized carbons (Fsp3) is 0.133. The standard InChI is InChI=1S/C30H20ClN3O6/c31-20-11-9-18(10-12-20)28(36)26-25-24(29(37)33(30(25)38)21-7-4-8-22(16-21)34(39)40)23-15-19(13-14-32(23)26)27(35)17-5-2-1-3-6-17/h1-16,23-26H/t23-,24+,25+,26-/m1/s1. The molecule has 4 atom stereocenters. The van der Waals surface area contributed by atoms with Crippen molar-refractivity contribution >= 4 is 46.4 Å². The number of allylic oxidation sites excluding steroid dienone is 2. The van der Waals surface area contributed by atoms with Crippen molar-refractivity contribution in [1.29, 1.82) is 0 Å². The first-order chi connectivity index (χ1) is 19.3. The number of nitrogens with zero attached hydrogens (tertiary/aromatic N) is 3. The molecule has 0 spiro atoms. The topological polar surface area (TPSA) is 118 Å². The molecule has 198 valence electrons. The average molecular weight is 554 g/mol. The van der Waals surface area contributed by atoms with Crippen LogP contribution >= 0.6 is 11.6 Å². The van der Waals surface area contributed by atoms with Crippen molar-refractivity contribution in [3.8, 4) is 0 Å². The van der Waals surface area contributed by atoms with Gasteiger partial charge >= 0.3 is 0 Å². The van der Waals surface area contributed by atoms with E-state index in [4.69, 9.17) is 11.6 Å². The molecule has 3 heterocycles. The van der Waals surface area contributed by atoms with Gasteiger partial charge < -0.3 is 4.90 Å². The van der Waals surface area contributed by atoms with E-state index in [0.717, 1.165) is 11.0 Å². The Bertz CT molecular complexity index is 1650. The number of fused-ring (bicyclic) bond motifs is 3. The third-order valence-corrected chi connectivity index (χ3v) is 7.79. The van der Waals surface area contributed by atoms with Crippen LogP contribution in [0.15, 0.2) is 103 Å². The lowest BCUT2D eigenvalue weighted by molar-refractivity contribution is -0.384. The number of carbonyl (C=O) groups excluding carboxylic acids is 4. The molecule has 2 amide bonds. The maximum atomic E-state index is 13.9. The minimum atomic E-state index is -1.08. The van der Waals surface area contributed by atoms with E-state index in [1.54, 1.807) is 77.8 Å². The quantitative estimate of drug-likeness (QED) is 0.189. The number of carbonyl (C=O) groups is 4. The number of amides is 2. The summed E-state index contributed by atoms with van der Waals surface area (Å²) < 4.78 is 0. The van der Waals surface area contributed by atoms with Crippen molar-refractivity contribution in [3.63, 3.8) is 0 Å². The molecule has 9 nitrogen and oxygen atoms in total. The van der Waals surface area contributed by atoms with Gasteiger partial charge in [0.15, 0.2) is 11.6 Å². The first-order valence-electron chi connectivity index (χ1n) is 12.5. The number of imide groups is 1. The van der Waals surface area contributed by atoms with Crippen LogP contribution in [0, 0.1) is 22.0 Å². The minimum Gasteiger partial charge on any atom is -0.359 e. The zero-order valence-electron chi connectivity index (χ0n) is 20.7. The number of anilines is 1. The van der Waals surface area contributed by atoms with Crippen LogP contribution in [-0.4, -0.2) is 45.3 Å². The minimum absolute atomic E-state index is 0.0544. The number of rotatable bonds is 6. The normalized spacial score (nSPS) is 23.1. The van der Waals surface area contributed by atoms with Gasteiger partial charge in [0.05, 0.1) is 28.5 Å². The van der Waals surface area contributed by atoms with E-state index >= 15 is 0 Å². The lowest BCUT2D eigenvalue weighted by Crippen LogP contribution is -2.46. The molecule has 0 aromatic heterocycles. The highest BCUT2D eigenvalue weighted by atomic mass is 35.5. The molecule has 2 fully saturated rings. The smallest absolute Gasteiger partial charge is 0.271 e. The molecule has 0 unspecified atom stereocenters. The molecule has 10 heteroatoms.